The van der Waals surface area contributed by atoms with Crippen LogP contribution in [0.5, 0.6) is 17.2 Å². The molecule has 0 amide bonds. The maximum Gasteiger partial charge on any atom is 0.229 e. The predicted molar refractivity (Wildman–Crippen MR) is 126 cm³/mol. The van der Waals surface area contributed by atoms with E-state index >= 15 is 0 Å². The molecule has 1 atom stereocenters. The Kier molecular flexibility index (Phi) is 5.50. The lowest BCUT2D eigenvalue weighted by molar-refractivity contribution is -0.118. The van der Waals surface area contributed by atoms with E-state index in [0.29, 0.717) is 47.5 Å². The van der Waals surface area contributed by atoms with E-state index in [-0.39, 0.29) is 6.04 Å². The molecule has 33 heavy (non-hydrogen) atoms. The van der Waals surface area contributed by atoms with Gasteiger partial charge in [-0.15, -0.1) is 0 Å². The summed E-state index contributed by atoms with van der Waals surface area (Å²) in [6.07, 6.45) is 11.0. The highest BCUT2D eigenvalue weighted by atomic mass is 16.5. The first-order valence-electron chi connectivity index (χ1n) is 10.9. The van der Waals surface area contributed by atoms with E-state index in [2.05, 4.69) is 27.0 Å². The molecular weight excluding hydrogens is 420 g/mol. The highest BCUT2D eigenvalue weighted by Gasteiger charge is 2.28. The minimum atomic E-state index is 0.0932. The summed E-state index contributed by atoms with van der Waals surface area (Å²) >= 11 is 0. The molecule has 0 fully saturated rings. The van der Waals surface area contributed by atoms with Gasteiger partial charge in [0.2, 0.25) is 11.7 Å². The van der Waals surface area contributed by atoms with E-state index in [1.807, 2.05) is 24.4 Å². The first-order valence-corrected chi connectivity index (χ1v) is 10.9. The minimum absolute atomic E-state index is 0.0932. The molecule has 1 aromatic carbocycles. The van der Waals surface area contributed by atoms with Crippen LogP contribution < -0.4 is 19.5 Å². The Labute approximate surface area is 191 Å². The third-order valence-electron chi connectivity index (χ3n) is 6.27. The van der Waals surface area contributed by atoms with Crippen LogP contribution in [0.15, 0.2) is 53.9 Å². The average molecular weight is 447 g/mol. The number of nitrogens with zero attached hydrogens (tertiary/aromatic N) is 3. The maximum absolute atomic E-state index is 12.2. The summed E-state index contributed by atoms with van der Waals surface area (Å²) in [7, 11) is 4.72. The van der Waals surface area contributed by atoms with Crippen LogP contribution in [0.3, 0.4) is 0 Å². The number of aromatic nitrogens is 3. The molecule has 3 aromatic rings. The van der Waals surface area contributed by atoms with Crippen LogP contribution in [0.2, 0.25) is 0 Å². The number of anilines is 2. The van der Waals surface area contributed by atoms with Crippen molar-refractivity contribution in [3.63, 3.8) is 0 Å². The van der Waals surface area contributed by atoms with Gasteiger partial charge >= 0.3 is 0 Å². The zero-order valence-corrected chi connectivity index (χ0v) is 18.9. The number of methoxy groups -OCH3 is 3. The second-order valence-electron chi connectivity index (χ2n) is 8.15. The van der Waals surface area contributed by atoms with Crippen molar-refractivity contribution in [1.29, 1.82) is 0 Å². The number of fused-ring (bicyclic) bond motifs is 1. The molecule has 0 aliphatic heterocycles. The van der Waals surface area contributed by atoms with Crippen LogP contribution in [0, 0.1) is 0 Å². The van der Waals surface area contributed by atoms with E-state index in [9.17, 15) is 4.79 Å². The molecule has 0 saturated heterocycles. The molecule has 170 valence electrons. The zero-order valence-electron chi connectivity index (χ0n) is 18.9. The van der Waals surface area contributed by atoms with Crippen molar-refractivity contribution in [2.45, 2.75) is 31.7 Å². The Balaban J connectivity index is 1.50. The lowest BCUT2D eigenvalue weighted by atomic mass is 9.82. The van der Waals surface area contributed by atoms with Crippen LogP contribution in [0.4, 0.5) is 11.6 Å². The Morgan fingerprint density at radius 2 is 1.88 bits per heavy atom. The Bertz CT molecular complexity index is 1270. The van der Waals surface area contributed by atoms with Gasteiger partial charge in [-0.25, -0.2) is 4.98 Å². The van der Waals surface area contributed by atoms with Gasteiger partial charge in [-0.05, 0) is 30.1 Å². The van der Waals surface area contributed by atoms with Crippen molar-refractivity contribution in [2.24, 2.45) is 0 Å². The van der Waals surface area contributed by atoms with Crippen molar-refractivity contribution in [3.8, 4) is 17.2 Å². The molecule has 2 aromatic heterocycles. The zero-order chi connectivity index (χ0) is 22.9. The normalized spacial score (nSPS) is 17.8. The number of carbonyl (C=O) groups is 1. The number of benzene rings is 1. The maximum atomic E-state index is 12.2. The van der Waals surface area contributed by atoms with Crippen LogP contribution >= 0.6 is 0 Å². The van der Waals surface area contributed by atoms with Crippen molar-refractivity contribution in [2.75, 3.05) is 26.6 Å². The summed E-state index contributed by atoms with van der Waals surface area (Å²) in [5.74, 6) is 2.37. The Morgan fingerprint density at radius 3 is 2.61 bits per heavy atom. The second kappa shape index (κ2) is 8.61. The molecular formula is C25H26N4O4. The molecule has 0 bridgehead atoms. The number of nitrogens with one attached hydrogen (secondary N) is 1. The number of hydrogen-bond donors (Lipinski definition) is 1. The largest absolute Gasteiger partial charge is 0.493 e. The lowest BCUT2D eigenvalue weighted by Gasteiger charge is -2.29. The van der Waals surface area contributed by atoms with Crippen molar-refractivity contribution in [3.05, 3.63) is 53.9 Å². The van der Waals surface area contributed by atoms with Gasteiger partial charge in [-0.3, -0.25) is 4.79 Å². The molecule has 1 unspecified atom stereocenters. The second-order valence-corrected chi connectivity index (χ2v) is 8.15. The summed E-state index contributed by atoms with van der Waals surface area (Å²) in [5, 5.41) is 4.20. The van der Waals surface area contributed by atoms with Gasteiger partial charge in [0.25, 0.3) is 0 Å². The molecule has 1 N–H and O–H groups in total. The summed E-state index contributed by atoms with van der Waals surface area (Å²) in [6.45, 7) is 0. The Hall–Kier alpha value is -3.81. The fraction of sp³-hybridized carbons (Fsp3) is 0.320. The molecule has 8 heteroatoms. The van der Waals surface area contributed by atoms with Gasteiger partial charge < -0.3 is 24.1 Å². The van der Waals surface area contributed by atoms with E-state index < -0.39 is 0 Å². The number of ether oxygens (including phenoxy) is 3. The van der Waals surface area contributed by atoms with Gasteiger partial charge in [-0.2, -0.15) is 4.98 Å². The number of allylic oxidation sites excluding steroid dienone is 4. The van der Waals surface area contributed by atoms with Crippen LogP contribution in [-0.4, -0.2) is 41.6 Å². The van der Waals surface area contributed by atoms with Crippen LogP contribution in [-0.2, 0) is 4.79 Å². The fourth-order valence-electron chi connectivity index (χ4n) is 4.67. The Morgan fingerprint density at radius 1 is 1.09 bits per heavy atom. The molecule has 2 aliphatic rings. The SMILES string of the molecule is COc1cc(Nc2ncc3ccn(C4CC=CC5=C4CC(=O)CC5)c3n2)cc(OC)c1OC. The number of carbonyl (C=O) groups excluding carboxylic acids is 1. The van der Waals surface area contributed by atoms with E-state index in [4.69, 9.17) is 19.2 Å². The van der Waals surface area contributed by atoms with Gasteiger partial charge in [0.15, 0.2) is 11.5 Å². The first kappa shape index (κ1) is 21.1. The highest BCUT2D eigenvalue weighted by Crippen LogP contribution is 2.41. The quantitative estimate of drug-likeness (QED) is 0.584. The van der Waals surface area contributed by atoms with Gasteiger partial charge in [0.05, 0.1) is 27.4 Å². The van der Waals surface area contributed by atoms with Gasteiger partial charge in [0.1, 0.15) is 11.4 Å². The lowest BCUT2D eigenvalue weighted by Crippen LogP contribution is -2.20. The van der Waals surface area contributed by atoms with Crippen LogP contribution in [0.1, 0.15) is 31.7 Å². The smallest absolute Gasteiger partial charge is 0.229 e. The molecule has 8 nitrogen and oxygen atoms in total. The standard InChI is InChI=1S/C25H26N4O4/c1-31-21-11-17(12-22(32-2)23(21)33-3)27-25-26-14-16-9-10-29(24(16)28-25)20-6-4-5-15-7-8-18(30)13-19(15)20/h4-5,9-12,14,20H,6-8,13H2,1-3H3,(H,26,27,28). The van der Waals surface area contributed by atoms with Crippen molar-refractivity contribution < 1.29 is 19.0 Å². The third-order valence-corrected chi connectivity index (χ3v) is 6.27. The minimum Gasteiger partial charge on any atom is -0.493 e. The van der Waals surface area contributed by atoms with E-state index in [1.54, 1.807) is 27.5 Å². The third kappa shape index (κ3) is 3.82. The number of rotatable bonds is 6. The molecule has 2 heterocycles. The highest BCUT2D eigenvalue weighted by molar-refractivity contribution is 5.84. The summed E-state index contributed by atoms with van der Waals surface area (Å²) in [5.41, 5.74) is 4.04. The van der Waals surface area contributed by atoms with Crippen molar-refractivity contribution in [1.82, 2.24) is 14.5 Å². The number of ketones is 1. The number of Topliss-reactive ketones (excluding diaryl/α,β-unsaturated/α-hetero) is 1. The van der Waals surface area contributed by atoms with Crippen molar-refractivity contribution >= 4 is 28.5 Å². The predicted octanol–water partition coefficient (Wildman–Crippen LogP) is 4.75. The first-order chi connectivity index (χ1) is 16.1. The summed E-state index contributed by atoms with van der Waals surface area (Å²) in [6, 6.07) is 5.73. The molecule has 0 saturated carbocycles. The van der Waals surface area contributed by atoms with Gasteiger partial charge in [-0.1, -0.05) is 12.2 Å². The molecule has 0 spiro atoms. The van der Waals surface area contributed by atoms with E-state index in [1.165, 1.54) is 11.1 Å². The van der Waals surface area contributed by atoms with Crippen LogP contribution in [0.25, 0.3) is 11.0 Å². The molecule has 2 aliphatic carbocycles. The molecule has 5 rings (SSSR count). The topological polar surface area (TPSA) is 87.5 Å². The summed E-state index contributed by atoms with van der Waals surface area (Å²) in [4.78, 5) is 21.5. The van der Waals surface area contributed by atoms with E-state index in [0.717, 1.165) is 23.9 Å². The van der Waals surface area contributed by atoms with Gasteiger partial charge in [0, 0.05) is 48.4 Å². The number of hydrogen-bond acceptors (Lipinski definition) is 7. The monoisotopic (exact) mass is 446 g/mol. The summed E-state index contributed by atoms with van der Waals surface area (Å²) < 4.78 is 18.4. The average Bonchev–Trinajstić information content (AvgIpc) is 3.26. The molecule has 0 radical (unpaired) electrons. The fourth-order valence-corrected chi connectivity index (χ4v) is 4.67.